The Morgan fingerprint density at radius 2 is 1.85 bits per heavy atom. The van der Waals surface area contributed by atoms with E-state index in [2.05, 4.69) is 14.6 Å². The lowest BCUT2D eigenvalue weighted by atomic mass is 10.1. The topological polar surface area (TPSA) is 106 Å². The Kier molecular flexibility index (Phi) is 5.47. The second-order valence-electron chi connectivity index (χ2n) is 6.65. The highest BCUT2D eigenvalue weighted by molar-refractivity contribution is 7.89. The number of aromatic nitrogens is 3. The lowest BCUT2D eigenvalue weighted by Gasteiger charge is -2.27. The van der Waals surface area contributed by atoms with Crippen molar-refractivity contribution in [2.75, 3.05) is 18.0 Å². The molecule has 2 aromatic rings. The lowest BCUT2D eigenvalue weighted by molar-refractivity contribution is 0.569. The van der Waals surface area contributed by atoms with Gasteiger partial charge in [0.15, 0.2) is 4.90 Å². The second-order valence-corrected chi connectivity index (χ2v) is 8.38. The predicted octanol–water partition coefficient (Wildman–Crippen LogP) is -0.0522. The van der Waals surface area contributed by atoms with E-state index in [9.17, 15) is 18.0 Å². The number of nitrogens with one attached hydrogen (secondary N) is 1. The summed E-state index contributed by atoms with van der Waals surface area (Å²) in [6.45, 7) is 1.91. The van der Waals surface area contributed by atoms with Crippen molar-refractivity contribution in [2.45, 2.75) is 30.7 Å². The van der Waals surface area contributed by atoms with Gasteiger partial charge in [0, 0.05) is 46.1 Å². The van der Waals surface area contributed by atoms with Gasteiger partial charge in [0.05, 0.1) is 0 Å². The van der Waals surface area contributed by atoms with Crippen molar-refractivity contribution < 1.29 is 8.42 Å². The standard InChI is InChI=1S/C17H23N5O4S/c1-20-12-14(16(23)21(2)17(20)24)27(25,26)19-11-13-6-7-18-15(10-13)22-8-4-3-5-9-22/h6-7,10,12,19H,3-5,8-9,11H2,1-2H3. The van der Waals surface area contributed by atoms with Crippen LogP contribution in [-0.2, 0) is 30.7 Å². The number of hydrogen-bond donors (Lipinski definition) is 1. The molecule has 0 atom stereocenters. The molecule has 10 heteroatoms. The van der Waals surface area contributed by atoms with E-state index >= 15 is 0 Å². The highest BCUT2D eigenvalue weighted by Gasteiger charge is 2.21. The second kappa shape index (κ2) is 7.65. The van der Waals surface area contributed by atoms with Crippen molar-refractivity contribution in [1.29, 1.82) is 0 Å². The molecule has 1 aliphatic heterocycles. The first-order valence-electron chi connectivity index (χ1n) is 8.76. The van der Waals surface area contributed by atoms with Crippen LogP contribution in [0.25, 0.3) is 0 Å². The van der Waals surface area contributed by atoms with Crippen LogP contribution in [-0.4, -0.2) is 35.6 Å². The monoisotopic (exact) mass is 393 g/mol. The molecule has 2 aromatic heterocycles. The van der Waals surface area contributed by atoms with E-state index in [1.54, 1.807) is 12.3 Å². The van der Waals surface area contributed by atoms with Crippen LogP contribution in [0.15, 0.2) is 39.0 Å². The van der Waals surface area contributed by atoms with Crippen LogP contribution in [0.2, 0.25) is 0 Å². The van der Waals surface area contributed by atoms with E-state index in [-0.39, 0.29) is 6.54 Å². The molecular weight excluding hydrogens is 370 g/mol. The minimum Gasteiger partial charge on any atom is -0.357 e. The third kappa shape index (κ3) is 4.11. The molecule has 0 aromatic carbocycles. The summed E-state index contributed by atoms with van der Waals surface area (Å²) in [7, 11) is -1.42. The first kappa shape index (κ1) is 19.3. The molecule has 0 saturated carbocycles. The predicted molar refractivity (Wildman–Crippen MR) is 101 cm³/mol. The van der Waals surface area contributed by atoms with Gasteiger partial charge in [-0.25, -0.2) is 22.9 Å². The fourth-order valence-electron chi connectivity index (χ4n) is 3.08. The van der Waals surface area contributed by atoms with Gasteiger partial charge < -0.3 is 9.47 Å². The Bertz CT molecular complexity index is 1050. The Morgan fingerprint density at radius 3 is 2.56 bits per heavy atom. The van der Waals surface area contributed by atoms with Crippen LogP contribution < -0.4 is 20.9 Å². The molecular formula is C17H23N5O4S. The molecule has 0 unspecified atom stereocenters. The summed E-state index contributed by atoms with van der Waals surface area (Å²) in [5, 5.41) is 0. The molecule has 1 aliphatic rings. The van der Waals surface area contributed by atoms with Crippen molar-refractivity contribution in [2.24, 2.45) is 14.1 Å². The Balaban J connectivity index is 1.80. The molecule has 0 spiro atoms. The van der Waals surface area contributed by atoms with E-state index in [1.807, 2.05) is 6.07 Å². The van der Waals surface area contributed by atoms with E-state index in [0.29, 0.717) is 0 Å². The molecule has 1 N–H and O–H groups in total. The van der Waals surface area contributed by atoms with Crippen LogP contribution >= 0.6 is 0 Å². The minimum absolute atomic E-state index is 0.0255. The Morgan fingerprint density at radius 1 is 1.15 bits per heavy atom. The van der Waals surface area contributed by atoms with E-state index < -0.39 is 26.2 Å². The van der Waals surface area contributed by atoms with Gasteiger partial charge in [-0.1, -0.05) is 0 Å². The van der Waals surface area contributed by atoms with Crippen LogP contribution in [0.4, 0.5) is 5.82 Å². The zero-order chi connectivity index (χ0) is 19.6. The van der Waals surface area contributed by atoms with Gasteiger partial charge in [0.25, 0.3) is 5.56 Å². The quantitative estimate of drug-likeness (QED) is 0.763. The first-order chi connectivity index (χ1) is 12.8. The molecule has 3 rings (SSSR count). The molecule has 1 saturated heterocycles. The number of rotatable bonds is 5. The fraction of sp³-hybridized carbons (Fsp3) is 0.471. The lowest BCUT2D eigenvalue weighted by Crippen LogP contribution is -2.41. The van der Waals surface area contributed by atoms with Crippen LogP contribution in [0, 0.1) is 0 Å². The zero-order valence-corrected chi connectivity index (χ0v) is 16.2. The number of anilines is 1. The zero-order valence-electron chi connectivity index (χ0n) is 15.4. The fourth-order valence-corrected chi connectivity index (χ4v) is 4.26. The molecule has 9 nitrogen and oxygen atoms in total. The van der Waals surface area contributed by atoms with Crippen molar-refractivity contribution in [3.05, 3.63) is 50.9 Å². The number of aryl methyl sites for hydroxylation is 1. The van der Waals surface area contributed by atoms with E-state index in [0.717, 1.165) is 52.6 Å². The van der Waals surface area contributed by atoms with Gasteiger partial charge in [-0.15, -0.1) is 0 Å². The highest BCUT2D eigenvalue weighted by atomic mass is 32.2. The Hall–Kier alpha value is -2.46. The SMILES string of the molecule is Cn1cc(S(=O)(=O)NCc2ccnc(N3CCCCC3)c2)c(=O)n(C)c1=O. The average Bonchev–Trinajstić information content (AvgIpc) is 2.68. The van der Waals surface area contributed by atoms with Crippen LogP contribution in [0.1, 0.15) is 24.8 Å². The third-order valence-electron chi connectivity index (χ3n) is 4.66. The molecule has 0 aliphatic carbocycles. The summed E-state index contributed by atoms with van der Waals surface area (Å²) in [6.07, 6.45) is 6.14. The molecule has 27 heavy (non-hydrogen) atoms. The summed E-state index contributed by atoms with van der Waals surface area (Å²) in [5.41, 5.74) is -0.690. The maximum atomic E-state index is 12.6. The number of piperidine rings is 1. The van der Waals surface area contributed by atoms with Crippen molar-refractivity contribution >= 4 is 15.8 Å². The van der Waals surface area contributed by atoms with Gasteiger partial charge in [-0.05, 0) is 37.0 Å². The van der Waals surface area contributed by atoms with Gasteiger partial charge in [-0.2, -0.15) is 0 Å². The maximum absolute atomic E-state index is 12.6. The molecule has 0 bridgehead atoms. The summed E-state index contributed by atoms with van der Waals surface area (Å²) >= 11 is 0. The normalized spacial score (nSPS) is 15.1. The molecule has 146 valence electrons. The number of sulfonamides is 1. The van der Waals surface area contributed by atoms with Crippen molar-refractivity contribution in [3.63, 3.8) is 0 Å². The maximum Gasteiger partial charge on any atom is 0.330 e. The van der Waals surface area contributed by atoms with Crippen molar-refractivity contribution in [1.82, 2.24) is 18.8 Å². The van der Waals surface area contributed by atoms with Gasteiger partial charge in [-0.3, -0.25) is 9.36 Å². The third-order valence-corrected chi connectivity index (χ3v) is 6.04. The number of hydrogen-bond acceptors (Lipinski definition) is 6. The van der Waals surface area contributed by atoms with Gasteiger partial charge in [0.2, 0.25) is 10.0 Å². The largest absolute Gasteiger partial charge is 0.357 e. The summed E-state index contributed by atoms with van der Waals surface area (Å²) in [5.74, 6) is 0.824. The van der Waals surface area contributed by atoms with Gasteiger partial charge in [0.1, 0.15) is 5.82 Å². The highest BCUT2D eigenvalue weighted by Crippen LogP contribution is 2.18. The molecule has 1 fully saturated rings. The van der Waals surface area contributed by atoms with Crippen molar-refractivity contribution in [3.8, 4) is 0 Å². The summed E-state index contributed by atoms with van der Waals surface area (Å²) in [6, 6.07) is 3.58. The smallest absolute Gasteiger partial charge is 0.330 e. The molecule has 0 amide bonds. The minimum atomic E-state index is -4.07. The number of nitrogens with zero attached hydrogens (tertiary/aromatic N) is 4. The van der Waals surface area contributed by atoms with Crippen LogP contribution in [0.3, 0.4) is 0 Å². The van der Waals surface area contributed by atoms with Crippen LogP contribution in [0.5, 0.6) is 0 Å². The van der Waals surface area contributed by atoms with E-state index in [1.165, 1.54) is 20.5 Å². The molecule has 0 radical (unpaired) electrons. The first-order valence-corrected chi connectivity index (χ1v) is 10.2. The summed E-state index contributed by atoms with van der Waals surface area (Å²) < 4.78 is 29.4. The van der Waals surface area contributed by atoms with E-state index in [4.69, 9.17) is 0 Å². The summed E-state index contributed by atoms with van der Waals surface area (Å²) in [4.78, 5) is 30.0. The van der Waals surface area contributed by atoms with Gasteiger partial charge >= 0.3 is 5.69 Å². The number of pyridine rings is 1. The molecule has 3 heterocycles. The Labute approximate surface area is 157 Å². The average molecular weight is 393 g/mol.